The largest absolute Gasteiger partial charge is 0.462 e. The number of aryl methyl sites for hydroxylation is 1. The number of nitrogens with one attached hydrogen (secondary N) is 1. The number of benzene rings is 1. The molecule has 1 unspecified atom stereocenters. The molecule has 4 nitrogen and oxygen atoms in total. The second-order valence-electron chi connectivity index (χ2n) is 6.32. The van der Waals surface area contributed by atoms with E-state index in [9.17, 15) is 35.9 Å². The number of ether oxygens (including phenoxy) is 1. The van der Waals surface area contributed by atoms with Gasteiger partial charge in [-0.05, 0) is 49.2 Å². The van der Waals surface area contributed by atoms with Crippen LogP contribution < -0.4 is 5.32 Å². The van der Waals surface area contributed by atoms with Gasteiger partial charge >= 0.3 is 18.3 Å². The van der Waals surface area contributed by atoms with Crippen LogP contribution in [0.5, 0.6) is 0 Å². The van der Waals surface area contributed by atoms with Crippen molar-refractivity contribution in [1.82, 2.24) is 5.32 Å². The van der Waals surface area contributed by atoms with E-state index in [-0.39, 0.29) is 6.61 Å². The van der Waals surface area contributed by atoms with Crippen LogP contribution >= 0.6 is 11.3 Å². The molecule has 168 valence electrons. The molecular weight excluding hydrogens is 448 g/mol. The summed E-state index contributed by atoms with van der Waals surface area (Å²) in [5.74, 6) is -1.72. The number of hydrogen-bond acceptors (Lipinski definition) is 4. The van der Waals surface area contributed by atoms with Gasteiger partial charge in [-0.1, -0.05) is 12.1 Å². The molecule has 0 radical (unpaired) electrons. The average Bonchev–Trinajstić information content (AvgIpc) is 3.04. The number of carbonyl (C=O) groups is 2. The van der Waals surface area contributed by atoms with Gasteiger partial charge in [0, 0.05) is 11.0 Å². The predicted octanol–water partition coefficient (Wildman–Crippen LogP) is 5.69. The van der Waals surface area contributed by atoms with Crippen LogP contribution in [0.15, 0.2) is 36.4 Å². The van der Waals surface area contributed by atoms with E-state index in [1.54, 1.807) is 25.2 Å². The molecule has 2 rings (SSSR count). The first-order valence-electron chi connectivity index (χ1n) is 8.83. The fraction of sp³-hybridized carbons (Fsp3) is 0.300. The normalized spacial score (nSPS) is 13.3. The molecular formula is C20H17F6NO3S. The summed E-state index contributed by atoms with van der Waals surface area (Å²) in [5.41, 5.74) is -1.44. The molecule has 1 N–H and O–H groups in total. The molecule has 1 atom stereocenters. The van der Waals surface area contributed by atoms with Gasteiger partial charge < -0.3 is 10.1 Å². The Morgan fingerprint density at radius 1 is 1.16 bits per heavy atom. The Hall–Kier alpha value is -2.82. The highest BCUT2D eigenvalue weighted by atomic mass is 32.1. The Labute approximate surface area is 177 Å². The highest BCUT2D eigenvalue weighted by Gasteiger charge is 2.42. The van der Waals surface area contributed by atoms with Crippen molar-refractivity contribution in [3.05, 3.63) is 62.9 Å². The predicted molar refractivity (Wildman–Crippen MR) is 102 cm³/mol. The topological polar surface area (TPSA) is 55.4 Å². The Bertz CT molecular complexity index is 978. The quantitative estimate of drug-likeness (QED) is 0.339. The van der Waals surface area contributed by atoms with E-state index in [1.165, 1.54) is 6.08 Å². The molecule has 0 spiro atoms. The molecule has 0 aliphatic rings. The lowest BCUT2D eigenvalue weighted by atomic mass is 10.0. The van der Waals surface area contributed by atoms with Crippen molar-refractivity contribution >= 4 is 29.3 Å². The molecule has 0 aliphatic heterocycles. The van der Waals surface area contributed by atoms with Crippen molar-refractivity contribution in [2.45, 2.75) is 32.2 Å². The maximum atomic E-state index is 13.4. The lowest BCUT2D eigenvalue weighted by Gasteiger charge is -2.22. The maximum absolute atomic E-state index is 13.4. The molecule has 1 amide bonds. The van der Waals surface area contributed by atoms with Crippen LogP contribution in [0.25, 0.3) is 6.08 Å². The van der Waals surface area contributed by atoms with E-state index in [2.05, 4.69) is 0 Å². The number of thiophene rings is 1. The minimum Gasteiger partial charge on any atom is -0.462 e. The number of esters is 1. The van der Waals surface area contributed by atoms with E-state index in [4.69, 9.17) is 4.74 Å². The van der Waals surface area contributed by atoms with Crippen LogP contribution in [0, 0.1) is 6.92 Å². The minimum absolute atomic E-state index is 0.165. The molecule has 11 heteroatoms. The van der Waals surface area contributed by atoms with E-state index < -0.39 is 41.4 Å². The molecule has 0 saturated carbocycles. The van der Waals surface area contributed by atoms with Gasteiger partial charge in [0.05, 0.1) is 12.2 Å². The van der Waals surface area contributed by atoms with Crippen LogP contribution in [-0.2, 0) is 15.7 Å². The molecule has 1 heterocycles. The highest BCUT2D eigenvalue weighted by Crippen LogP contribution is 2.36. The first-order valence-corrected chi connectivity index (χ1v) is 9.64. The fourth-order valence-corrected chi connectivity index (χ4v) is 3.55. The number of amides is 1. The summed E-state index contributed by atoms with van der Waals surface area (Å²) in [6, 6.07) is 1.59. The van der Waals surface area contributed by atoms with Crippen LogP contribution in [0.3, 0.4) is 0 Å². The standard InChI is InChI=1S/C20H17F6NO3S/c1-3-30-18(29)16-11(2)9-14(31-16)7-8-15(28)27-17(20(24,25)26)12-5-4-6-13(10-12)19(21,22)23/h4-10,17H,3H2,1-2H3,(H,27,28)/b8-7+. The highest BCUT2D eigenvalue weighted by molar-refractivity contribution is 7.15. The number of halogens is 6. The third kappa shape index (κ3) is 6.58. The van der Waals surface area contributed by atoms with Gasteiger partial charge in [-0.3, -0.25) is 4.79 Å². The van der Waals surface area contributed by atoms with E-state index in [0.717, 1.165) is 29.5 Å². The zero-order chi connectivity index (χ0) is 23.4. The first-order chi connectivity index (χ1) is 14.3. The zero-order valence-electron chi connectivity index (χ0n) is 16.2. The molecule has 0 aliphatic carbocycles. The molecule has 0 bridgehead atoms. The maximum Gasteiger partial charge on any atom is 0.416 e. The SMILES string of the molecule is CCOC(=O)c1sc(/C=C/C(=O)NC(c2cccc(C(F)(F)F)c2)C(F)(F)F)cc1C. The lowest BCUT2D eigenvalue weighted by Crippen LogP contribution is -2.37. The Kier molecular flexibility index (Phi) is 7.53. The van der Waals surface area contributed by atoms with Crippen molar-refractivity contribution in [1.29, 1.82) is 0 Å². The Morgan fingerprint density at radius 3 is 2.42 bits per heavy atom. The Morgan fingerprint density at radius 2 is 1.84 bits per heavy atom. The zero-order valence-corrected chi connectivity index (χ0v) is 17.0. The van der Waals surface area contributed by atoms with Crippen molar-refractivity contribution in [2.75, 3.05) is 6.61 Å². The molecule has 31 heavy (non-hydrogen) atoms. The number of rotatable bonds is 6. The van der Waals surface area contributed by atoms with Gasteiger partial charge in [0.2, 0.25) is 5.91 Å². The summed E-state index contributed by atoms with van der Waals surface area (Å²) in [7, 11) is 0. The third-order valence-electron chi connectivity index (χ3n) is 3.96. The number of alkyl halides is 6. The molecule has 2 aromatic rings. The molecule has 1 aromatic carbocycles. The van der Waals surface area contributed by atoms with Gasteiger partial charge in [0.1, 0.15) is 4.88 Å². The molecule has 0 fully saturated rings. The summed E-state index contributed by atoms with van der Waals surface area (Å²) >= 11 is 0.986. The van der Waals surface area contributed by atoms with E-state index >= 15 is 0 Å². The van der Waals surface area contributed by atoms with Gasteiger partial charge in [-0.25, -0.2) is 4.79 Å². The van der Waals surface area contributed by atoms with Crippen LogP contribution in [0.4, 0.5) is 26.3 Å². The van der Waals surface area contributed by atoms with Crippen molar-refractivity contribution < 1.29 is 40.7 Å². The van der Waals surface area contributed by atoms with E-state index in [1.807, 2.05) is 0 Å². The Balaban J connectivity index is 2.21. The van der Waals surface area contributed by atoms with Crippen LogP contribution in [0.1, 0.15) is 44.2 Å². The van der Waals surface area contributed by atoms with Crippen LogP contribution in [-0.4, -0.2) is 24.7 Å². The van der Waals surface area contributed by atoms with Gasteiger partial charge in [-0.2, -0.15) is 26.3 Å². The second kappa shape index (κ2) is 9.54. The average molecular weight is 465 g/mol. The molecule has 0 saturated heterocycles. The smallest absolute Gasteiger partial charge is 0.416 e. The van der Waals surface area contributed by atoms with Gasteiger partial charge in [0.15, 0.2) is 6.04 Å². The summed E-state index contributed by atoms with van der Waals surface area (Å²) in [6.07, 6.45) is -7.84. The van der Waals surface area contributed by atoms with Crippen molar-refractivity contribution in [2.24, 2.45) is 0 Å². The van der Waals surface area contributed by atoms with Crippen molar-refractivity contribution in [3.63, 3.8) is 0 Å². The van der Waals surface area contributed by atoms with Crippen LogP contribution in [0.2, 0.25) is 0 Å². The lowest BCUT2D eigenvalue weighted by molar-refractivity contribution is -0.162. The summed E-state index contributed by atoms with van der Waals surface area (Å²) in [4.78, 5) is 24.6. The van der Waals surface area contributed by atoms with Gasteiger partial charge in [0.25, 0.3) is 0 Å². The minimum atomic E-state index is -5.02. The van der Waals surface area contributed by atoms with Crippen molar-refractivity contribution in [3.8, 4) is 0 Å². The number of carbonyl (C=O) groups excluding carboxylic acids is 2. The first kappa shape index (κ1) is 24.4. The molecule has 1 aromatic heterocycles. The summed E-state index contributed by atoms with van der Waals surface area (Å²) < 4.78 is 83.6. The summed E-state index contributed by atoms with van der Waals surface area (Å²) in [6.45, 7) is 3.43. The monoisotopic (exact) mass is 465 g/mol. The van der Waals surface area contributed by atoms with E-state index in [0.29, 0.717) is 27.5 Å². The summed E-state index contributed by atoms with van der Waals surface area (Å²) in [5, 5.41) is 1.68. The second-order valence-corrected chi connectivity index (χ2v) is 7.40. The van der Waals surface area contributed by atoms with Gasteiger partial charge in [-0.15, -0.1) is 11.3 Å². The third-order valence-corrected chi connectivity index (χ3v) is 5.14. The fourth-order valence-electron chi connectivity index (χ4n) is 2.59. The number of hydrogen-bond donors (Lipinski definition) is 1.